The van der Waals surface area contributed by atoms with E-state index in [4.69, 9.17) is 27.4 Å². The van der Waals surface area contributed by atoms with E-state index in [1.807, 2.05) is 0 Å². The Morgan fingerprint density at radius 3 is 2.00 bits per heavy atom. The second-order valence-electron chi connectivity index (χ2n) is 2.14. The number of hydrogen-bond donors (Lipinski definition) is 3. The maximum absolute atomic E-state index is 8.74. The van der Waals surface area contributed by atoms with Crippen molar-refractivity contribution in [2.45, 2.75) is 19.8 Å². The van der Waals surface area contributed by atoms with Gasteiger partial charge in [0.25, 0.3) is 0 Å². The molecule has 0 aromatic rings. The molecular weight excluding hydrogens is 200 g/mol. The van der Waals surface area contributed by atoms with Crippen molar-refractivity contribution in [1.82, 2.24) is 0 Å². The molecule has 0 aliphatic carbocycles. The third-order valence-electron chi connectivity index (χ3n) is 0.878. The lowest BCUT2D eigenvalue weighted by atomic mass is 10.4. The molecule has 0 saturated carbocycles. The summed E-state index contributed by atoms with van der Waals surface area (Å²) in [5.74, 6) is 0. The number of unbranched alkanes of at least 4 members (excludes halogenated alkanes) is 1. The summed E-state index contributed by atoms with van der Waals surface area (Å²) < 4.78 is 36.6. The topological polar surface area (TPSA) is 104 Å². The minimum absolute atomic E-state index is 0.143. The molecular formula is C6H16O6S. The van der Waals surface area contributed by atoms with Crippen LogP contribution >= 0.6 is 0 Å². The second-order valence-corrected chi connectivity index (χ2v) is 3.03. The Kier molecular flexibility index (Phi) is 11.6. The highest BCUT2D eigenvalue weighted by molar-refractivity contribution is 7.79. The van der Waals surface area contributed by atoms with Gasteiger partial charge in [-0.05, 0) is 6.42 Å². The maximum Gasteiger partial charge on any atom is 0.394 e. The monoisotopic (exact) mass is 216 g/mol. The van der Waals surface area contributed by atoms with Gasteiger partial charge in [0, 0.05) is 6.61 Å². The van der Waals surface area contributed by atoms with Gasteiger partial charge in [-0.1, -0.05) is 13.3 Å². The summed E-state index contributed by atoms with van der Waals surface area (Å²) in [5, 5.41) is 8.24. The van der Waals surface area contributed by atoms with Crippen molar-refractivity contribution in [2.24, 2.45) is 0 Å². The molecule has 0 spiro atoms. The van der Waals surface area contributed by atoms with Crippen molar-refractivity contribution in [1.29, 1.82) is 0 Å². The van der Waals surface area contributed by atoms with Crippen molar-refractivity contribution in [3.8, 4) is 0 Å². The van der Waals surface area contributed by atoms with Gasteiger partial charge in [0.1, 0.15) is 0 Å². The zero-order valence-electron chi connectivity index (χ0n) is 7.51. The highest BCUT2D eigenvalue weighted by atomic mass is 32.3. The predicted octanol–water partition coefficient (Wildman–Crippen LogP) is 0.143. The Morgan fingerprint density at radius 2 is 1.69 bits per heavy atom. The van der Waals surface area contributed by atoms with Crippen LogP contribution in [0.3, 0.4) is 0 Å². The Balaban J connectivity index is 0. The molecule has 0 bridgehead atoms. The van der Waals surface area contributed by atoms with Crippen LogP contribution in [0.15, 0.2) is 0 Å². The zero-order valence-corrected chi connectivity index (χ0v) is 8.33. The summed E-state index contributed by atoms with van der Waals surface area (Å²) in [7, 11) is -4.67. The van der Waals surface area contributed by atoms with Crippen molar-refractivity contribution in [2.75, 3.05) is 19.8 Å². The van der Waals surface area contributed by atoms with Crippen LogP contribution in [-0.4, -0.2) is 42.5 Å². The van der Waals surface area contributed by atoms with E-state index < -0.39 is 10.4 Å². The quantitative estimate of drug-likeness (QED) is 0.446. The average Bonchev–Trinajstić information content (AvgIpc) is 1.95. The highest BCUT2D eigenvalue weighted by Gasteiger charge is 1.84. The molecule has 0 atom stereocenters. The van der Waals surface area contributed by atoms with Crippen molar-refractivity contribution >= 4 is 10.4 Å². The van der Waals surface area contributed by atoms with Crippen LogP contribution in [0.25, 0.3) is 0 Å². The van der Waals surface area contributed by atoms with Crippen LogP contribution in [0.1, 0.15) is 19.8 Å². The van der Waals surface area contributed by atoms with E-state index in [-0.39, 0.29) is 6.61 Å². The largest absolute Gasteiger partial charge is 0.394 e. The number of aliphatic hydroxyl groups excluding tert-OH is 1. The van der Waals surface area contributed by atoms with Gasteiger partial charge < -0.3 is 9.84 Å². The van der Waals surface area contributed by atoms with Crippen LogP contribution in [0.2, 0.25) is 0 Å². The standard InChI is InChI=1S/C6H14O2.H2O4S/c1-2-3-5-8-6-4-7;1-5(2,3)4/h7H,2-6H2,1H3;(H2,1,2,3,4). The maximum atomic E-state index is 8.74. The molecule has 0 aliphatic rings. The Bertz CT molecular complexity index is 162. The molecule has 13 heavy (non-hydrogen) atoms. The van der Waals surface area contributed by atoms with Crippen LogP contribution in [0, 0.1) is 0 Å². The molecule has 0 fully saturated rings. The molecule has 0 aromatic carbocycles. The first kappa shape index (κ1) is 15.3. The van der Waals surface area contributed by atoms with E-state index in [1.54, 1.807) is 0 Å². The van der Waals surface area contributed by atoms with Gasteiger partial charge in [-0.2, -0.15) is 8.42 Å². The normalized spacial score (nSPS) is 10.5. The zero-order chi connectivity index (χ0) is 10.7. The van der Waals surface area contributed by atoms with Gasteiger partial charge in [0.2, 0.25) is 0 Å². The van der Waals surface area contributed by atoms with Crippen LogP contribution < -0.4 is 0 Å². The molecule has 0 aliphatic heterocycles. The summed E-state index contributed by atoms with van der Waals surface area (Å²) in [4.78, 5) is 0. The van der Waals surface area contributed by atoms with E-state index in [1.165, 1.54) is 0 Å². The molecule has 7 heteroatoms. The summed E-state index contributed by atoms with van der Waals surface area (Å²) in [6, 6.07) is 0. The Morgan fingerprint density at radius 1 is 1.23 bits per heavy atom. The van der Waals surface area contributed by atoms with Gasteiger partial charge in [0.05, 0.1) is 13.2 Å². The summed E-state index contributed by atoms with van der Waals surface area (Å²) in [6.45, 7) is 3.53. The van der Waals surface area contributed by atoms with E-state index in [9.17, 15) is 0 Å². The summed E-state index contributed by atoms with van der Waals surface area (Å²) in [5.41, 5.74) is 0. The molecule has 0 heterocycles. The minimum atomic E-state index is -4.67. The fourth-order valence-corrected chi connectivity index (χ4v) is 0.413. The fraction of sp³-hybridized carbons (Fsp3) is 1.00. The van der Waals surface area contributed by atoms with Crippen molar-refractivity contribution in [3.05, 3.63) is 0 Å². The minimum Gasteiger partial charge on any atom is -0.394 e. The molecule has 0 radical (unpaired) electrons. The van der Waals surface area contributed by atoms with Crippen LogP contribution in [0.5, 0.6) is 0 Å². The van der Waals surface area contributed by atoms with Gasteiger partial charge in [-0.25, -0.2) is 0 Å². The van der Waals surface area contributed by atoms with E-state index >= 15 is 0 Å². The lowest BCUT2D eigenvalue weighted by Crippen LogP contribution is -1.99. The van der Waals surface area contributed by atoms with Crippen molar-refractivity contribution in [3.63, 3.8) is 0 Å². The van der Waals surface area contributed by atoms with E-state index in [2.05, 4.69) is 6.92 Å². The number of aliphatic hydroxyl groups is 1. The van der Waals surface area contributed by atoms with Gasteiger partial charge >= 0.3 is 10.4 Å². The van der Waals surface area contributed by atoms with E-state index in [0.717, 1.165) is 19.4 Å². The lowest BCUT2D eigenvalue weighted by Gasteiger charge is -1.97. The van der Waals surface area contributed by atoms with Crippen LogP contribution in [0.4, 0.5) is 0 Å². The highest BCUT2D eigenvalue weighted by Crippen LogP contribution is 1.85. The second kappa shape index (κ2) is 9.87. The molecule has 6 nitrogen and oxygen atoms in total. The predicted molar refractivity (Wildman–Crippen MR) is 47.0 cm³/mol. The molecule has 0 aromatic heterocycles. The number of hydrogen-bond acceptors (Lipinski definition) is 4. The Labute approximate surface area is 78.1 Å². The van der Waals surface area contributed by atoms with Gasteiger partial charge in [0.15, 0.2) is 0 Å². The summed E-state index contributed by atoms with van der Waals surface area (Å²) in [6.07, 6.45) is 2.26. The third-order valence-corrected chi connectivity index (χ3v) is 0.878. The molecule has 0 rings (SSSR count). The fourth-order valence-electron chi connectivity index (χ4n) is 0.413. The molecule has 3 N–H and O–H groups in total. The average molecular weight is 216 g/mol. The summed E-state index contributed by atoms with van der Waals surface area (Å²) >= 11 is 0. The van der Waals surface area contributed by atoms with E-state index in [0.29, 0.717) is 6.61 Å². The first-order valence-electron chi connectivity index (χ1n) is 3.80. The number of rotatable bonds is 5. The smallest absolute Gasteiger partial charge is 0.394 e. The van der Waals surface area contributed by atoms with Gasteiger partial charge in [-0.3, -0.25) is 9.11 Å². The first-order valence-corrected chi connectivity index (χ1v) is 5.20. The molecule has 0 saturated heterocycles. The van der Waals surface area contributed by atoms with Crippen molar-refractivity contribution < 1.29 is 27.4 Å². The lowest BCUT2D eigenvalue weighted by molar-refractivity contribution is 0.0904. The van der Waals surface area contributed by atoms with Crippen LogP contribution in [-0.2, 0) is 15.1 Å². The molecule has 82 valence electrons. The number of ether oxygens (including phenoxy) is 1. The molecule has 0 unspecified atom stereocenters. The SMILES string of the molecule is CCCCOCCO.O=S(=O)(O)O. The Hall–Kier alpha value is -0.210. The first-order chi connectivity index (χ1) is 5.91. The third kappa shape index (κ3) is 49.3. The molecule has 0 amide bonds. The van der Waals surface area contributed by atoms with Gasteiger partial charge in [-0.15, -0.1) is 0 Å².